The minimum absolute atomic E-state index is 0. The van der Waals surface area contributed by atoms with E-state index in [9.17, 15) is 4.79 Å². The third-order valence-corrected chi connectivity index (χ3v) is 6.90. The van der Waals surface area contributed by atoms with Gasteiger partial charge >= 0.3 is 5.97 Å². The molecule has 0 spiro atoms. The van der Waals surface area contributed by atoms with Gasteiger partial charge in [-0.15, -0.1) is 41.5 Å². The van der Waals surface area contributed by atoms with Crippen LogP contribution in [0.2, 0.25) is 0 Å². The average molecular weight is 710 g/mol. The molecule has 1 aliphatic rings. The van der Waals surface area contributed by atoms with Crippen molar-refractivity contribution in [2.24, 2.45) is 0 Å². The van der Waals surface area contributed by atoms with Crippen molar-refractivity contribution in [1.82, 2.24) is 15.0 Å². The Morgan fingerprint density at radius 1 is 0.683 bits per heavy atom. The Labute approximate surface area is 252 Å². The molecule has 0 unspecified atom stereocenters. The van der Waals surface area contributed by atoms with Crippen molar-refractivity contribution >= 4 is 5.97 Å². The molecule has 0 saturated heterocycles. The molecule has 0 fully saturated rings. The summed E-state index contributed by atoms with van der Waals surface area (Å²) in [4.78, 5) is 23.8. The van der Waals surface area contributed by atoms with Crippen molar-refractivity contribution in [3.63, 3.8) is 0 Å². The van der Waals surface area contributed by atoms with E-state index in [1.54, 1.807) is 12.1 Å². The van der Waals surface area contributed by atoms with Gasteiger partial charge in [0.2, 0.25) is 0 Å². The summed E-state index contributed by atoms with van der Waals surface area (Å²) in [6, 6.07) is 46.6. The number of pyridine rings is 3. The van der Waals surface area contributed by atoms with E-state index in [0.717, 1.165) is 33.8 Å². The molecule has 0 saturated carbocycles. The van der Waals surface area contributed by atoms with Gasteiger partial charge in [-0.25, -0.2) is 9.78 Å². The van der Waals surface area contributed by atoms with Crippen molar-refractivity contribution in [3.8, 4) is 22.4 Å². The molecule has 3 aromatic carbocycles. The summed E-state index contributed by atoms with van der Waals surface area (Å²) >= 11 is 0. The van der Waals surface area contributed by atoms with Crippen LogP contribution in [0.4, 0.5) is 0 Å². The standard InChI is InChI=1S/C29H18N2.C6H5NO2.Ir/c1-3-11-21(12-4-1)26-18-9-19-27(31-26)29(22-13-5-2-6-14-22)25-17-8-7-15-23(25)24-16-10-20-30-28(24)29;8-6(9)5-3-1-2-4-7-5;/h1-11,13,15-20H;1-4H,(H,8,9);/q-2;;/t29-;;/m1../s1. The smallest absolute Gasteiger partial charge is 0.354 e. The van der Waals surface area contributed by atoms with E-state index in [-0.39, 0.29) is 25.8 Å². The number of carbonyl (C=O) groups is 1. The molecular formula is C35H23IrN3O2-2. The maximum atomic E-state index is 10.1. The molecule has 1 radical (unpaired) electrons. The Morgan fingerprint density at radius 3 is 2.12 bits per heavy atom. The number of fused-ring (bicyclic) bond motifs is 3. The molecule has 0 aliphatic heterocycles. The molecule has 1 aliphatic carbocycles. The summed E-state index contributed by atoms with van der Waals surface area (Å²) in [5.74, 6) is -0.990. The minimum atomic E-state index is -0.990. The predicted molar refractivity (Wildman–Crippen MR) is 154 cm³/mol. The first-order valence-electron chi connectivity index (χ1n) is 12.8. The second kappa shape index (κ2) is 12.2. The van der Waals surface area contributed by atoms with Crippen molar-refractivity contribution in [3.05, 3.63) is 174 Å². The number of nitrogens with zero attached hydrogens (tertiary/aromatic N) is 3. The van der Waals surface area contributed by atoms with Crippen LogP contribution in [-0.2, 0) is 25.5 Å². The zero-order chi connectivity index (χ0) is 27.4. The minimum Gasteiger partial charge on any atom is -0.477 e. The average Bonchev–Trinajstić information content (AvgIpc) is 3.34. The maximum absolute atomic E-state index is 10.1. The summed E-state index contributed by atoms with van der Waals surface area (Å²) in [7, 11) is 0. The first-order valence-corrected chi connectivity index (χ1v) is 12.8. The molecule has 6 aromatic rings. The van der Waals surface area contributed by atoms with Crippen molar-refractivity contribution in [1.29, 1.82) is 0 Å². The van der Waals surface area contributed by atoms with E-state index in [4.69, 9.17) is 15.1 Å². The molecule has 3 heterocycles. The molecule has 1 N–H and O–H groups in total. The van der Waals surface area contributed by atoms with Gasteiger partial charge in [0.1, 0.15) is 5.69 Å². The Kier molecular flexibility index (Phi) is 8.25. The topological polar surface area (TPSA) is 76.0 Å². The second-order valence-corrected chi connectivity index (χ2v) is 9.18. The molecule has 0 bridgehead atoms. The summed E-state index contributed by atoms with van der Waals surface area (Å²) in [5.41, 5.74) is 7.84. The summed E-state index contributed by atoms with van der Waals surface area (Å²) in [5, 5.41) is 8.32. The number of hydrogen-bond acceptors (Lipinski definition) is 4. The van der Waals surface area contributed by atoms with E-state index in [1.807, 2.05) is 54.7 Å². The van der Waals surface area contributed by atoms with Gasteiger partial charge < -0.3 is 5.11 Å². The SMILES string of the molecule is O=C(O)c1ccccn1.[Ir].[c-]1ccccc1-c1cccc([C@@]2(c3[c-]cccc3)c3ccccc3-c3cccnc32)n1. The Bertz CT molecular complexity index is 1730. The quantitative estimate of drug-likeness (QED) is 0.202. The van der Waals surface area contributed by atoms with E-state index in [1.165, 1.54) is 23.4 Å². The van der Waals surface area contributed by atoms with E-state index >= 15 is 0 Å². The Balaban J connectivity index is 0.000000291. The molecule has 3 aromatic heterocycles. The first-order chi connectivity index (χ1) is 19.7. The molecule has 6 heteroatoms. The molecule has 0 amide bonds. The number of aromatic carboxylic acids is 1. The van der Waals surface area contributed by atoms with Crippen LogP contribution in [-0.4, -0.2) is 26.0 Å². The third kappa shape index (κ3) is 5.11. The third-order valence-electron chi connectivity index (χ3n) is 6.90. The normalized spacial score (nSPS) is 14.4. The number of carboxylic acids is 1. The van der Waals surface area contributed by atoms with Crippen molar-refractivity contribution in [2.75, 3.05) is 0 Å². The van der Waals surface area contributed by atoms with Gasteiger partial charge in [-0.2, -0.15) is 30.3 Å². The Morgan fingerprint density at radius 2 is 1.41 bits per heavy atom. The number of hydrogen-bond donors (Lipinski definition) is 1. The molecule has 201 valence electrons. The van der Waals surface area contributed by atoms with Crippen LogP contribution < -0.4 is 0 Å². The van der Waals surface area contributed by atoms with E-state index in [0.29, 0.717) is 0 Å². The fourth-order valence-electron chi connectivity index (χ4n) is 5.23. The van der Waals surface area contributed by atoms with E-state index < -0.39 is 11.4 Å². The summed E-state index contributed by atoms with van der Waals surface area (Å²) < 4.78 is 0. The van der Waals surface area contributed by atoms with E-state index in [2.05, 4.69) is 71.7 Å². The molecule has 1 atom stereocenters. The van der Waals surface area contributed by atoms with Crippen molar-refractivity contribution in [2.45, 2.75) is 5.41 Å². The van der Waals surface area contributed by atoms with Gasteiger partial charge in [-0.3, -0.25) is 9.97 Å². The zero-order valence-corrected chi connectivity index (χ0v) is 24.1. The number of rotatable bonds is 4. The van der Waals surface area contributed by atoms with Gasteiger partial charge in [-0.1, -0.05) is 48.5 Å². The molecule has 41 heavy (non-hydrogen) atoms. The van der Waals surface area contributed by atoms with Gasteiger partial charge in [0.25, 0.3) is 0 Å². The number of aromatic nitrogens is 3. The summed E-state index contributed by atoms with van der Waals surface area (Å²) in [6.45, 7) is 0. The van der Waals surface area contributed by atoms with Gasteiger partial charge in [-0.05, 0) is 41.1 Å². The predicted octanol–water partition coefficient (Wildman–Crippen LogP) is 6.88. The number of benzene rings is 3. The monoisotopic (exact) mass is 710 g/mol. The van der Waals surface area contributed by atoms with Gasteiger partial charge in [0, 0.05) is 43.8 Å². The molecular weight excluding hydrogens is 687 g/mol. The van der Waals surface area contributed by atoms with Crippen molar-refractivity contribution < 1.29 is 30.0 Å². The fraction of sp³-hybridized carbons (Fsp3) is 0.0286. The van der Waals surface area contributed by atoms with Crippen LogP contribution in [0.25, 0.3) is 22.4 Å². The molecule has 5 nitrogen and oxygen atoms in total. The first kappa shape index (κ1) is 27.8. The largest absolute Gasteiger partial charge is 0.477 e. The molecule has 7 rings (SSSR count). The maximum Gasteiger partial charge on any atom is 0.354 e. The van der Waals surface area contributed by atoms with Gasteiger partial charge in [0.15, 0.2) is 0 Å². The number of carboxylic acid groups (broad SMARTS) is 1. The van der Waals surface area contributed by atoms with Crippen LogP contribution in [0.15, 0.2) is 134 Å². The fourth-order valence-corrected chi connectivity index (χ4v) is 5.23. The summed E-state index contributed by atoms with van der Waals surface area (Å²) in [6.07, 6.45) is 3.32. The van der Waals surface area contributed by atoms with Gasteiger partial charge in [0.05, 0.1) is 11.1 Å². The zero-order valence-electron chi connectivity index (χ0n) is 21.7. The van der Waals surface area contributed by atoms with Crippen LogP contribution in [0.5, 0.6) is 0 Å². The van der Waals surface area contributed by atoms with Crippen LogP contribution >= 0.6 is 0 Å². The van der Waals surface area contributed by atoms with Crippen LogP contribution in [0.3, 0.4) is 0 Å². The Hall–Kier alpha value is -4.77. The van der Waals surface area contributed by atoms with Crippen LogP contribution in [0.1, 0.15) is 33.0 Å². The second-order valence-electron chi connectivity index (χ2n) is 9.18. The van der Waals surface area contributed by atoms with Crippen LogP contribution in [0, 0.1) is 12.1 Å².